The van der Waals surface area contributed by atoms with E-state index in [4.69, 9.17) is 15.0 Å². The molecule has 10 bridgehead atoms. The van der Waals surface area contributed by atoms with E-state index in [-0.39, 0.29) is 0 Å². The van der Waals surface area contributed by atoms with Gasteiger partial charge in [0.1, 0.15) is 0 Å². The van der Waals surface area contributed by atoms with E-state index in [9.17, 15) is 0 Å². The molecule has 15 rings (SSSR count). The summed E-state index contributed by atoms with van der Waals surface area (Å²) >= 11 is 0. The number of aromatic nitrogens is 3. The molecular formula is C21H12N4. The lowest BCUT2D eigenvalue weighted by Gasteiger charge is -2.27. The number of hydrogen-bond acceptors (Lipinski definition) is 4. The summed E-state index contributed by atoms with van der Waals surface area (Å²) in [6.07, 6.45) is 0. The number of anilines is 3. The van der Waals surface area contributed by atoms with Crippen LogP contribution in [-0.2, 0) is 0 Å². The highest BCUT2D eigenvalue weighted by molar-refractivity contribution is 5.81. The molecule has 0 amide bonds. The van der Waals surface area contributed by atoms with Gasteiger partial charge in [-0.1, -0.05) is 0 Å². The van der Waals surface area contributed by atoms with Gasteiger partial charge in [-0.25, -0.2) is 15.0 Å². The molecule has 0 unspecified atom stereocenters. The van der Waals surface area contributed by atoms with Gasteiger partial charge in [0.15, 0.2) is 17.5 Å². The van der Waals surface area contributed by atoms with E-state index in [2.05, 4.69) is 77.7 Å². The first kappa shape index (κ1) is 12.8. The van der Waals surface area contributed by atoms with Crippen molar-refractivity contribution in [3.63, 3.8) is 0 Å². The molecular weight excluding hydrogens is 308 g/mol. The second-order valence-corrected chi connectivity index (χ2v) is 6.28. The predicted octanol–water partition coefficient (Wildman–Crippen LogP) is 4.97. The molecule has 11 aliphatic heterocycles. The Balaban J connectivity index is 1.88. The first-order valence-corrected chi connectivity index (χ1v) is 8.23. The zero-order valence-electron chi connectivity index (χ0n) is 13.2. The van der Waals surface area contributed by atoms with E-state index < -0.39 is 0 Å². The minimum absolute atomic E-state index is 0.701. The van der Waals surface area contributed by atoms with Crippen LogP contribution in [0.3, 0.4) is 0 Å². The van der Waals surface area contributed by atoms with Crippen molar-refractivity contribution in [3.8, 4) is 34.2 Å². The van der Waals surface area contributed by atoms with Gasteiger partial charge in [-0.2, -0.15) is 0 Å². The highest BCUT2D eigenvalue weighted by Crippen LogP contribution is 2.38. The Morgan fingerprint density at radius 3 is 0.960 bits per heavy atom. The summed E-state index contributed by atoms with van der Waals surface area (Å²) in [5.74, 6) is 2.10. The maximum atomic E-state index is 4.72. The third-order valence-corrected chi connectivity index (χ3v) is 4.79. The summed E-state index contributed by atoms with van der Waals surface area (Å²) in [6.45, 7) is 0. The number of benzene rings is 3. The fourth-order valence-electron chi connectivity index (χ4n) is 3.49. The van der Waals surface area contributed by atoms with Gasteiger partial charge < -0.3 is 4.90 Å². The van der Waals surface area contributed by atoms with Gasteiger partial charge in [0.25, 0.3) is 0 Å². The average Bonchev–Trinajstić information content (AvgIpc) is 2.68. The second kappa shape index (κ2) is 4.51. The molecule has 11 aliphatic rings. The average molecular weight is 320 g/mol. The standard InChI is InChI=1S/C21H12N4/c1-7-16-8-2-13(1)19-22-20-14-3-9-17(10-4-14)25(16)18-11-5-15(6-12-18)21(23-19)24-20/h1-12H. The van der Waals surface area contributed by atoms with E-state index in [0.717, 1.165) is 33.8 Å². The third kappa shape index (κ3) is 1.79. The van der Waals surface area contributed by atoms with Crippen molar-refractivity contribution in [2.24, 2.45) is 0 Å². The zero-order chi connectivity index (χ0) is 16.4. The summed E-state index contributed by atoms with van der Waals surface area (Å²) in [5.41, 5.74) is 6.33. The molecule has 0 atom stereocenters. The van der Waals surface area contributed by atoms with E-state index >= 15 is 0 Å². The molecule has 0 spiro atoms. The monoisotopic (exact) mass is 320 g/mol. The van der Waals surface area contributed by atoms with Crippen molar-refractivity contribution in [2.75, 3.05) is 4.90 Å². The highest BCUT2D eigenvalue weighted by atomic mass is 15.1. The minimum Gasteiger partial charge on any atom is -0.311 e. The molecule has 4 aromatic rings. The van der Waals surface area contributed by atoms with Gasteiger partial charge in [0.2, 0.25) is 0 Å². The molecule has 0 saturated heterocycles. The largest absolute Gasteiger partial charge is 0.311 e. The normalized spacial score (nSPS) is 12.7. The van der Waals surface area contributed by atoms with Crippen LogP contribution in [0.15, 0.2) is 72.8 Å². The molecule has 4 heteroatoms. The molecule has 4 nitrogen and oxygen atoms in total. The van der Waals surface area contributed by atoms with Gasteiger partial charge in [0.05, 0.1) is 0 Å². The Kier molecular flexibility index (Phi) is 2.32. The maximum Gasteiger partial charge on any atom is 0.164 e. The molecule has 1 aromatic heterocycles. The van der Waals surface area contributed by atoms with Crippen molar-refractivity contribution in [2.45, 2.75) is 0 Å². The lowest BCUT2D eigenvalue weighted by atomic mass is 10.1. The smallest absolute Gasteiger partial charge is 0.164 e. The van der Waals surface area contributed by atoms with Gasteiger partial charge in [-0.05, 0) is 72.8 Å². The fourth-order valence-corrected chi connectivity index (χ4v) is 3.49. The van der Waals surface area contributed by atoms with Crippen LogP contribution < -0.4 is 4.90 Å². The van der Waals surface area contributed by atoms with E-state index in [1.807, 2.05) is 0 Å². The van der Waals surface area contributed by atoms with Gasteiger partial charge in [-0.3, -0.25) is 0 Å². The van der Waals surface area contributed by atoms with Gasteiger partial charge >= 0.3 is 0 Å². The van der Waals surface area contributed by atoms with Crippen molar-refractivity contribution < 1.29 is 0 Å². The van der Waals surface area contributed by atoms with Gasteiger partial charge in [0, 0.05) is 33.8 Å². The van der Waals surface area contributed by atoms with Crippen LogP contribution >= 0.6 is 0 Å². The molecule has 12 heterocycles. The minimum atomic E-state index is 0.701. The first-order chi connectivity index (χ1) is 12.3. The quantitative estimate of drug-likeness (QED) is 0.396. The van der Waals surface area contributed by atoms with Crippen LogP contribution in [0.4, 0.5) is 17.1 Å². The predicted molar refractivity (Wildman–Crippen MR) is 97.9 cm³/mol. The van der Waals surface area contributed by atoms with E-state index in [0.29, 0.717) is 17.5 Å². The Bertz CT molecular complexity index is 956. The highest BCUT2D eigenvalue weighted by Gasteiger charge is 2.19. The second-order valence-electron chi connectivity index (χ2n) is 6.28. The van der Waals surface area contributed by atoms with Crippen LogP contribution in [0, 0.1) is 0 Å². The number of hydrogen-bond donors (Lipinski definition) is 0. The molecule has 116 valence electrons. The van der Waals surface area contributed by atoms with E-state index in [1.54, 1.807) is 0 Å². The lowest BCUT2D eigenvalue weighted by molar-refractivity contribution is 1.07. The Morgan fingerprint density at radius 2 is 0.680 bits per heavy atom. The van der Waals surface area contributed by atoms with Crippen LogP contribution in [0.1, 0.15) is 0 Å². The number of rotatable bonds is 0. The molecule has 3 aromatic carbocycles. The van der Waals surface area contributed by atoms with Crippen molar-refractivity contribution in [3.05, 3.63) is 72.8 Å². The topological polar surface area (TPSA) is 41.9 Å². The molecule has 0 radical (unpaired) electrons. The Labute approximate surface area is 144 Å². The third-order valence-electron chi connectivity index (χ3n) is 4.79. The Hall–Kier alpha value is -3.53. The van der Waals surface area contributed by atoms with Crippen LogP contribution in [0.5, 0.6) is 0 Å². The van der Waals surface area contributed by atoms with Gasteiger partial charge in [-0.15, -0.1) is 0 Å². The van der Waals surface area contributed by atoms with Crippen LogP contribution in [0.25, 0.3) is 34.2 Å². The fraction of sp³-hybridized carbons (Fsp3) is 0. The molecule has 0 N–H and O–H groups in total. The summed E-state index contributed by atoms with van der Waals surface area (Å²) in [4.78, 5) is 16.4. The zero-order valence-corrected chi connectivity index (χ0v) is 13.2. The van der Waals surface area contributed by atoms with Crippen molar-refractivity contribution in [1.82, 2.24) is 15.0 Å². The first-order valence-electron chi connectivity index (χ1n) is 8.23. The molecule has 0 aliphatic carbocycles. The van der Waals surface area contributed by atoms with Crippen LogP contribution in [0.2, 0.25) is 0 Å². The van der Waals surface area contributed by atoms with Crippen molar-refractivity contribution >= 4 is 17.1 Å². The molecule has 0 saturated carbocycles. The van der Waals surface area contributed by atoms with Crippen molar-refractivity contribution in [1.29, 1.82) is 0 Å². The lowest BCUT2D eigenvalue weighted by Crippen LogP contribution is -2.11. The summed E-state index contributed by atoms with van der Waals surface area (Å²) in [5, 5.41) is 0. The summed E-state index contributed by atoms with van der Waals surface area (Å²) in [7, 11) is 0. The Morgan fingerprint density at radius 1 is 0.400 bits per heavy atom. The maximum absolute atomic E-state index is 4.72. The SMILES string of the molecule is c1cc2ccc1-c1nc3nc(n1)-c1ccc(cc1)N2c1ccc-3cc1. The summed E-state index contributed by atoms with van der Waals surface area (Å²) in [6, 6.07) is 25.1. The molecule has 0 fully saturated rings. The number of nitrogens with zero attached hydrogens (tertiary/aromatic N) is 4. The molecule has 25 heavy (non-hydrogen) atoms. The van der Waals surface area contributed by atoms with E-state index in [1.165, 1.54) is 0 Å². The van der Waals surface area contributed by atoms with Crippen LogP contribution in [-0.4, -0.2) is 15.0 Å². The summed E-state index contributed by atoms with van der Waals surface area (Å²) < 4.78 is 0.